The third-order valence-corrected chi connectivity index (χ3v) is 3.58. The third kappa shape index (κ3) is 6.17. The highest BCUT2D eigenvalue weighted by Gasteiger charge is 2.04. The number of carbonyl (C=O) groups is 2. The van der Waals surface area contributed by atoms with E-state index < -0.39 is 11.8 Å². The second-order valence-corrected chi connectivity index (χ2v) is 5.52. The molecule has 28 heavy (non-hydrogen) atoms. The van der Waals surface area contributed by atoms with E-state index in [1.807, 2.05) is 18.2 Å². The van der Waals surface area contributed by atoms with E-state index in [9.17, 15) is 14.7 Å². The van der Waals surface area contributed by atoms with Crippen molar-refractivity contribution in [1.82, 2.24) is 10.7 Å². The minimum atomic E-state index is -0.485. The maximum absolute atomic E-state index is 11.8. The number of hydrogen-bond acceptors (Lipinski definition) is 6. The fraction of sp³-hybridized carbons (Fsp3) is 0.150. The first-order valence-electron chi connectivity index (χ1n) is 8.31. The van der Waals surface area contributed by atoms with Gasteiger partial charge in [-0.1, -0.05) is 18.2 Å². The van der Waals surface area contributed by atoms with Crippen LogP contribution in [0.25, 0.3) is 6.08 Å². The van der Waals surface area contributed by atoms with Gasteiger partial charge in [0.25, 0.3) is 5.91 Å². The number of phenolic OH excluding ortho intramolecular Hbond substituents is 1. The summed E-state index contributed by atoms with van der Waals surface area (Å²) in [5.41, 5.74) is 3.67. The van der Waals surface area contributed by atoms with E-state index in [4.69, 9.17) is 9.47 Å². The van der Waals surface area contributed by atoms with Gasteiger partial charge in [0.1, 0.15) is 5.75 Å². The van der Waals surface area contributed by atoms with E-state index >= 15 is 0 Å². The maximum Gasteiger partial charge on any atom is 0.259 e. The number of benzene rings is 2. The summed E-state index contributed by atoms with van der Waals surface area (Å²) in [6.45, 7) is -0.231. The highest BCUT2D eigenvalue weighted by atomic mass is 16.5. The van der Waals surface area contributed by atoms with Gasteiger partial charge < -0.3 is 19.9 Å². The lowest BCUT2D eigenvalue weighted by Gasteiger charge is -2.04. The number of hydrazone groups is 1. The number of ether oxygens (including phenoxy) is 2. The van der Waals surface area contributed by atoms with Crippen molar-refractivity contribution in [2.24, 2.45) is 5.10 Å². The average Bonchev–Trinajstić information content (AvgIpc) is 2.72. The van der Waals surface area contributed by atoms with Gasteiger partial charge in [-0.2, -0.15) is 5.10 Å². The molecule has 0 fully saturated rings. The van der Waals surface area contributed by atoms with Crippen molar-refractivity contribution in [1.29, 1.82) is 0 Å². The maximum atomic E-state index is 11.8. The molecule has 3 N–H and O–H groups in total. The number of para-hydroxylation sites is 1. The highest BCUT2D eigenvalue weighted by Crippen LogP contribution is 2.25. The number of amides is 2. The number of rotatable bonds is 8. The molecule has 2 amide bonds. The summed E-state index contributed by atoms with van der Waals surface area (Å²) in [5.74, 6) is 0.0378. The Morgan fingerprint density at radius 1 is 1.11 bits per heavy atom. The van der Waals surface area contributed by atoms with Gasteiger partial charge in [-0.3, -0.25) is 9.59 Å². The fourth-order valence-electron chi connectivity index (χ4n) is 2.19. The van der Waals surface area contributed by atoms with Gasteiger partial charge in [-0.05, 0) is 35.9 Å². The van der Waals surface area contributed by atoms with Crippen LogP contribution in [0.2, 0.25) is 0 Å². The molecule has 0 heterocycles. The SMILES string of the molecule is COc1cc(/C=N/NC(=O)CNC(=O)C=Cc2ccccc2OC)ccc1O. The van der Waals surface area contributed by atoms with Gasteiger partial charge in [-0.25, -0.2) is 5.43 Å². The van der Waals surface area contributed by atoms with Crippen LogP contribution >= 0.6 is 0 Å². The summed E-state index contributed by atoms with van der Waals surface area (Å²) < 4.78 is 10.2. The zero-order chi connectivity index (χ0) is 20.4. The number of methoxy groups -OCH3 is 2. The summed E-state index contributed by atoms with van der Waals surface area (Å²) in [7, 11) is 2.98. The zero-order valence-electron chi connectivity index (χ0n) is 15.5. The Labute approximate surface area is 162 Å². The van der Waals surface area contributed by atoms with Crippen LogP contribution in [0.5, 0.6) is 17.2 Å². The Balaban J connectivity index is 1.80. The van der Waals surface area contributed by atoms with Crippen molar-refractivity contribution in [3.8, 4) is 17.2 Å². The lowest BCUT2D eigenvalue weighted by Crippen LogP contribution is -2.34. The molecule has 146 valence electrons. The Bertz CT molecular complexity index is 893. The van der Waals surface area contributed by atoms with Crippen LogP contribution in [0.1, 0.15) is 11.1 Å². The molecular weight excluding hydrogens is 362 g/mol. The normalized spacial score (nSPS) is 10.8. The number of aromatic hydroxyl groups is 1. The van der Waals surface area contributed by atoms with Crippen LogP contribution in [0.15, 0.2) is 53.6 Å². The first-order chi connectivity index (χ1) is 13.5. The quantitative estimate of drug-likeness (QED) is 0.365. The summed E-state index contributed by atoms with van der Waals surface area (Å²) in [6, 6.07) is 11.9. The Kier molecular flexibility index (Phi) is 7.59. The van der Waals surface area contributed by atoms with Crippen molar-refractivity contribution >= 4 is 24.1 Å². The van der Waals surface area contributed by atoms with Crippen LogP contribution in [0.4, 0.5) is 0 Å². The first kappa shape index (κ1) is 20.5. The summed E-state index contributed by atoms with van der Waals surface area (Å²) in [5, 5.41) is 15.8. The molecule has 2 rings (SSSR count). The number of nitrogens with zero attached hydrogens (tertiary/aromatic N) is 1. The van der Waals surface area contributed by atoms with E-state index in [0.717, 1.165) is 5.56 Å². The summed E-state index contributed by atoms with van der Waals surface area (Å²) >= 11 is 0. The molecule has 0 atom stereocenters. The molecule has 0 radical (unpaired) electrons. The van der Waals surface area contributed by atoms with Gasteiger partial charge in [0.05, 0.1) is 27.0 Å². The van der Waals surface area contributed by atoms with Gasteiger partial charge >= 0.3 is 0 Å². The van der Waals surface area contributed by atoms with Crippen molar-refractivity contribution in [2.75, 3.05) is 20.8 Å². The average molecular weight is 383 g/mol. The fourth-order valence-corrected chi connectivity index (χ4v) is 2.19. The minimum Gasteiger partial charge on any atom is -0.504 e. The standard InChI is InChI=1S/C20H21N3O5/c1-27-17-6-4-3-5-15(17)8-10-19(25)21-13-20(26)23-22-12-14-7-9-16(24)18(11-14)28-2/h3-12,24H,13H2,1-2H3,(H,21,25)(H,23,26)/b10-8?,22-12+. The molecule has 8 heteroatoms. The van der Waals surface area contributed by atoms with E-state index in [1.165, 1.54) is 25.5 Å². The Morgan fingerprint density at radius 2 is 1.86 bits per heavy atom. The molecule has 8 nitrogen and oxygen atoms in total. The molecule has 0 bridgehead atoms. The Morgan fingerprint density at radius 3 is 2.61 bits per heavy atom. The molecule has 0 aromatic heterocycles. The topological polar surface area (TPSA) is 109 Å². The van der Waals surface area contributed by atoms with E-state index in [2.05, 4.69) is 15.8 Å². The molecule has 2 aromatic rings. The van der Waals surface area contributed by atoms with Crippen LogP contribution in [-0.4, -0.2) is 43.9 Å². The minimum absolute atomic E-state index is 0.00701. The largest absolute Gasteiger partial charge is 0.504 e. The van der Waals surface area contributed by atoms with E-state index in [-0.39, 0.29) is 12.3 Å². The number of nitrogens with one attached hydrogen (secondary N) is 2. The van der Waals surface area contributed by atoms with Crippen molar-refractivity contribution in [3.05, 3.63) is 59.7 Å². The molecule has 0 aliphatic heterocycles. The predicted molar refractivity (Wildman–Crippen MR) is 105 cm³/mol. The monoisotopic (exact) mass is 383 g/mol. The van der Waals surface area contributed by atoms with Gasteiger partial charge in [-0.15, -0.1) is 0 Å². The molecule has 0 spiro atoms. The molecule has 2 aromatic carbocycles. The van der Waals surface area contributed by atoms with Crippen LogP contribution < -0.4 is 20.2 Å². The van der Waals surface area contributed by atoms with Crippen LogP contribution in [0, 0.1) is 0 Å². The number of carbonyl (C=O) groups excluding carboxylic acids is 2. The predicted octanol–water partition coefficient (Wildman–Crippen LogP) is 1.69. The van der Waals surface area contributed by atoms with Crippen LogP contribution in [-0.2, 0) is 9.59 Å². The van der Waals surface area contributed by atoms with Gasteiger partial charge in [0.15, 0.2) is 11.5 Å². The van der Waals surface area contributed by atoms with Gasteiger partial charge in [0, 0.05) is 11.6 Å². The van der Waals surface area contributed by atoms with Crippen LogP contribution in [0.3, 0.4) is 0 Å². The molecule has 0 saturated heterocycles. The van der Waals surface area contributed by atoms with Crippen molar-refractivity contribution in [2.45, 2.75) is 0 Å². The van der Waals surface area contributed by atoms with E-state index in [0.29, 0.717) is 17.1 Å². The van der Waals surface area contributed by atoms with Gasteiger partial charge in [0.2, 0.25) is 5.91 Å². The highest BCUT2D eigenvalue weighted by molar-refractivity contribution is 5.94. The third-order valence-electron chi connectivity index (χ3n) is 3.58. The number of hydrogen-bond donors (Lipinski definition) is 3. The smallest absolute Gasteiger partial charge is 0.259 e. The summed E-state index contributed by atoms with van der Waals surface area (Å²) in [4.78, 5) is 23.6. The second-order valence-electron chi connectivity index (χ2n) is 5.52. The molecule has 0 unspecified atom stereocenters. The molecule has 0 aliphatic rings. The lowest BCUT2D eigenvalue weighted by atomic mass is 10.2. The molecule has 0 saturated carbocycles. The lowest BCUT2D eigenvalue weighted by molar-refractivity contribution is -0.123. The summed E-state index contributed by atoms with van der Waals surface area (Å²) in [6.07, 6.45) is 4.31. The van der Waals surface area contributed by atoms with Crippen molar-refractivity contribution in [3.63, 3.8) is 0 Å². The zero-order valence-corrected chi connectivity index (χ0v) is 15.5. The second kappa shape index (κ2) is 10.4. The Hall–Kier alpha value is -3.81. The first-order valence-corrected chi connectivity index (χ1v) is 8.31. The van der Waals surface area contributed by atoms with E-state index in [1.54, 1.807) is 31.4 Å². The number of phenols is 1. The van der Waals surface area contributed by atoms with Crippen molar-refractivity contribution < 1.29 is 24.2 Å². The molecule has 0 aliphatic carbocycles. The molecular formula is C20H21N3O5.